The number of nitrogens with zero attached hydrogens (tertiary/aromatic N) is 1. The van der Waals surface area contributed by atoms with Crippen LogP contribution in [0, 0.1) is 5.92 Å². The van der Waals surface area contributed by atoms with Gasteiger partial charge >= 0.3 is 0 Å². The molecule has 1 saturated heterocycles. The summed E-state index contributed by atoms with van der Waals surface area (Å²) in [5, 5.41) is 3.36. The topological polar surface area (TPSA) is 15.3 Å². The van der Waals surface area contributed by atoms with E-state index in [-0.39, 0.29) is 0 Å². The zero-order chi connectivity index (χ0) is 12.3. The molecule has 0 saturated carbocycles. The van der Waals surface area contributed by atoms with Gasteiger partial charge in [0, 0.05) is 25.2 Å². The van der Waals surface area contributed by atoms with E-state index in [0.717, 1.165) is 19.0 Å². The summed E-state index contributed by atoms with van der Waals surface area (Å²) in [4.78, 5) is 2.55. The van der Waals surface area contributed by atoms with Gasteiger partial charge in [-0.3, -0.25) is 4.90 Å². The number of hydrogen-bond acceptors (Lipinski definition) is 2. The third-order valence-electron chi connectivity index (χ3n) is 3.71. The molecule has 0 amide bonds. The molecule has 0 radical (unpaired) electrons. The molecule has 1 aromatic carbocycles. The molecule has 94 valence electrons. The normalized spacial score (nSPS) is 18.4. The summed E-state index contributed by atoms with van der Waals surface area (Å²) in [6.45, 7) is 6.89. The van der Waals surface area contributed by atoms with Crippen LogP contribution in [0.1, 0.15) is 31.9 Å². The maximum atomic E-state index is 3.36. The molecule has 1 atom stereocenters. The van der Waals surface area contributed by atoms with Crippen LogP contribution in [0.15, 0.2) is 30.3 Å². The standard InChI is InChI=1S/C15H24N2/c1-12(2)9-15(13-7-5-4-6-8-13)17(3)14-10-16-11-14/h4-8,12,14-16H,9-11H2,1-3H3. The Morgan fingerprint density at radius 3 is 2.35 bits per heavy atom. The second-order valence-corrected chi connectivity index (χ2v) is 5.53. The SMILES string of the molecule is CC(C)CC(c1ccccc1)N(C)C1CNC1. The predicted octanol–water partition coefficient (Wildman–Crippen LogP) is 2.68. The molecule has 1 aromatic rings. The van der Waals surface area contributed by atoms with Crippen molar-refractivity contribution in [3.8, 4) is 0 Å². The van der Waals surface area contributed by atoms with E-state index in [2.05, 4.69) is 61.4 Å². The van der Waals surface area contributed by atoms with E-state index >= 15 is 0 Å². The lowest BCUT2D eigenvalue weighted by Gasteiger charge is -2.41. The molecule has 1 aliphatic heterocycles. The largest absolute Gasteiger partial charge is 0.314 e. The van der Waals surface area contributed by atoms with E-state index in [1.165, 1.54) is 12.0 Å². The Balaban J connectivity index is 2.12. The van der Waals surface area contributed by atoms with Gasteiger partial charge in [0.2, 0.25) is 0 Å². The lowest BCUT2D eigenvalue weighted by atomic mass is 9.94. The highest BCUT2D eigenvalue weighted by molar-refractivity contribution is 5.19. The second-order valence-electron chi connectivity index (χ2n) is 5.53. The fourth-order valence-corrected chi connectivity index (χ4v) is 2.48. The van der Waals surface area contributed by atoms with Crippen LogP contribution in [0.4, 0.5) is 0 Å². The van der Waals surface area contributed by atoms with Crippen LogP contribution in [0.25, 0.3) is 0 Å². The number of nitrogens with one attached hydrogen (secondary N) is 1. The van der Waals surface area contributed by atoms with Crippen molar-refractivity contribution in [2.24, 2.45) is 5.92 Å². The van der Waals surface area contributed by atoms with Crippen molar-refractivity contribution >= 4 is 0 Å². The van der Waals surface area contributed by atoms with Crippen molar-refractivity contribution in [3.63, 3.8) is 0 Å². The zero-order valence-electron chi connectivity index (χ0n) is 11.2. The van der Waals surface area contributed by atoms with E-state index in [4.69, 9.17) is 0 Å². The third-order valence-corrected chi connectivity index (χ3v) is 3.71. The number of rotatable bonds is 5. The predicted molar refractivity (Wildman–Crippen MR) is 73.1 cm³/mol. The van der Waals surface area contributed by atoms with Gasteiger partial charge in [0.15, 0.2) is 0 Å². The van der Waals surface area contributed by atoms with Crippen LogP contribution in [0.3, 0.4) is 0 Å². The summed E-state index contributed by atoms with van der Waals surface area (Å²) in [6.07, 6.45) is 1.23. The van der Waals surface area contributed by atoms with Gasteiger partial charge in [-0.2, -0.15) is 0 Å². The van der Waals surface area contributed by atoms with Gasteiger partial charge in [0.05, 0.1) is 0 Å². The van der Waals surface area contributed by atoms with Crippen LogP contribution < -0.4 is 5.32 Å². The van der Waals surface area contributed by atoms with Crippen LogP contribution in [0.2, 0.25) is 0 Å². The third kappa shape index (κ3) is 3.08. The van der Waals surface area contributed by atoms with Gasteiger partial charge in [-0.1, -0.05) is 44.2 Å². The molecule has 1 fully saturated rings. The number of hydrogen-bond donors (Lipinski definition) is 1. The Labute approximate surface area is 105 Å². The van der Waals surface area contributed by atoms with Crippen molar-refractivity contribution in [2.45, 2.75) is 32.4 Å². The zero-order valence-corrected chi connectivity index (χ0v) is 11.2. The van der Waals surface area contributed by atoms with Gasteiger partial charge in [0.25, 0.3) is 0 Å². The Bertz CT molecular complexity index is 330. The molecule has 17 heavy (non-hydrogen) atoms. The van der Waals surface area contributed by atoms with Gasteiger partial charge < -0.3 is 5.32 Å². The Morgan fingerprint density at radius 1 is 1.24 bits per heavy atom. The maximum Gasteiger partial charge on any atom is 0.0351 e. The first-order valence-electron chi connectivity index (χ1n) is 6.66. The summed E-state index contributed by atoms with van der Waals surface area (Å²) in [6, 6.07) is 12.2. The van der Waals surface area contributed by atoms with Crippen molar-refractivity contribution in [1.29, 1.82) is 0 Å². The molecule has 0 spiro atoms. The van der Waals surface area contributed by atoms with Crippen molar-refractivity contribution in [1.82, 2.24) is 10.2 Å². The van der Waals surface area contributed by atoms with Gasteiger partial charge in [0.1, 0.15) is 0 Å². The van der Waals surface area contributed by atoms with Gasteiger partial charge in [-0.25, -0.2) is 0 Å². The lowest BCUT2D eigenvalue weighted by Crippen LogP contribution is -2.56. The molecule has 0 aliphatic carbocycles. The highest BCUT2D eigenvalue weighted by Gasteiger charge is 2.28. The second kappa shape index (κ2) is 5.65. The quantitative estimate of drug-likeness (QED) is 0.839. The lowest BCUT2D eigenvalue weighted by molar-refractivity contribution is 0.113. The summed E-state index contributed by atoms with van der Waals surface area (Å²) in [5.41, 5.74) is 1.45. The first-order valence-corrected chi connectivity index (χ1v) is 6.66. The molecular weight excluding hydrogens is 208 g/mol. The Hall–Kier alpha value is -0.860. The molecule has 1 heterocycles. The smallest absolute Gasteiger partial charge is 0.0351 e. The van der Waals surface area contributed by atoms with E-state index in [0.29, 0.717) is 12.1 Å². The molecule has 2 rings (SSSR count). The molecule has 1 aliphatic rings. The van der Waals surface area contributed by atoms with Crippen molar-refractivity contribution < 1.29 is 0 Å². The minimum Gasteiger partial charge on any atom is -0.314 e. The summed E-state index contributed by atoms with van der Waals surface area (Å²) in [7, 11) is 2.27. The average Bonchev–Trinajstić information content (AvgIpc) is 2.24. The van der Waals surface area contributed by atoms with Crippen LogP contribution in [0.5, 0.6) is 0 Å². The Kier molecular flexibility index (Phi) is 4.19. The van der Waals surface area contributed by atoms with E-state index in [1.54, 1.807) is 0 Å². The van der Waals surface area contributed by atoms with E-state index in [1.807, 2.05) is 0 Å². The van der Waals surface area contributed by atoms with Gasteiger partial charge in [-0.05, 0) is 24.9 Å². The van der Waals surface area contributed by atoms with Crippen LogP contribution in [-0.4, -0.2) is 31.1 Å². The van der Waals surface area contributed by atoms with Crippen LogP contribution in [-0.2, 0) is 0 Å². The molecule has 0 bridgehead atoms. The fraction of sp³-hybridized carbons (Fsp3) is 0.600. The molecular formula is C15H24N2. The number of benzene rings is 1. The molecule has 0 aromatic heterocycles. The summed E-state index contributed by atoms with van der Waals surface area (Å²) >= 11 is 0. The van der Waals surface area contributed by atoms with Crippen molar-refractivity contribution in [3.05, 3.63) is 35.9 Å². The summed E-state index contributed by atoms with van der Waals surface area (Å²) in [5.74, 6) is 0.732. The molecule has 1 N–H and O–H groups in total. The molecule has 1 unspecified atom stereocenters. The maximum absolute atomic E-state index is 3.36. The molecule has 2 heteroatoms. The van der Waals surface area contributed by atoms with Crippen molar-refractivity contribution in [2.75, 3.05) is 20.1 Å². The first kappa shape index (κ1) is 12.6. The Morgan fingerprint density at radius 2 is 1.88 bits per heavy atom. The van der Waals surface area contributed by atoms with Gasteiger partial charge in [-0.15, -0.1) is 0 Å². The van der Waals surface area contributed by atoms with Crippen LogP contribution >= 0.6 is 0 Å². The minimum absolute atomic E-state index is 0.559. The highest BCUT2D eigenvalue weighted by Crippen LogP contribution is 2.28. The minimum atomic E-state index is 0.559. The summed E-state index contributed by atoms with van der Waals surface area (Å²) < 4.78 is 0. The van der Waals surface area contributed by atoms with E-state index < -0.39 is 0 Å². The fourth-order valence-electron chi connectivity index (χ4n) is 2.48. The van der Waals surface area contributed by atoms with E-state index in [9.17, 15) is 0 Å². The monoisotopic (exact) mass is 232 g/mol. The molecule has 2 nitrogen and oxygen atoms in total. The first-order chi connectivity index (χ1) is 8.18. The highest BCUT2D eigenvalue weighted by atomic mass is 15.2. The number of likely N-dealkylation sites (N-methyl/N-ethyl adjacent to an activating group) is 1. The average molecular weight is 232 g/mol.